The van der Waals surface area contributed by atoms with Crippen LogP contribution >= 0.6 is 0 Å². The van der Waals surface area contributed by atoms with Crippen molar-refractivity contribution in [1.82, 2.24) is 9.78 Å². The number of para-hydroxylation sites is 1. The fourth-order valence-corrected chi connectivity index (χ4v) is 3.23. The quantitative estimate of drug-likeness (QED) is 0.172. The van der Waals surface area contributed by atoms with Gasteiger partial charge in [-0.3, -0.25) is 14.9 Å². The van der Waals surface area contributed by atoms with E-state index in [1.165, 1.54) is 18.2 Å². The molecule has 0 aliphatic heterocycles. The molecule has 0 fully saturated rings. The zero-order valence-electron chi connectivity index (χ0n) is 17.2. The maximum atomic E-state index is 12.6. The van der Waals surface area contributed by atoms with Gasteiger partial charge in [-0.2, -0.15) is 5.10 Å². The Morgan fingerprint density at radius 1 is 1.03 bits per heavy atom. The molecule has 0 atom stereocenters. The summed E-state index contributed by atoms with van der Waals surface area (Å²) in [4.78, 5) is 23.4. The number of nitro groups is 1. The van der Waals surface area contributed by atoms with Crippen molar-refractivity contribution in [3.8, 4) is 22.7 Å². The SMILES string of the molecule is COc1ccc(C(=O)/C=C/c2cn(-c3ccccc3)nc2-c2cccc([N+](=O)[O-])c2)cc1. The van der Waals surface area contributed by atoms with Gasteiger partial charge in [0.05, 0.1) is 17.7 Å². The number of carbonyl (C=O) groups is 1. The molecule has 0 spiro atoms. The van der Waals surface area contributed by atoms with Crippen LogP contribution < -0.4 is 4.74 Å². The van der Waals surface area contributed by atoms with Gasteiger partial charge in [-0.1, -0.05) is 30.3 Å². The Morgan fingerprint density at radius 3 is 2.47 bits per heavy atom. The van der Waals surface area contributed by atoms with Crippen molar-refractivity contribution in [3.63, 3.8) is 0 Å². The number of nitrogens with zero attached hydrogens (tertiary/aromatic N) is 3. The van der Waals surface area contributed by atoms with Crippen molar-refractivity contribution in [2.24, 2.45) is 0 Å². The first kappa shape index (κ1) is 20.7. The van der Waals surface area contributed by atoms with Gasteiger partial charge in [0.15, 0.2) is 5.78 Å². The lowest BCUT2D eigenvalue weighted by Gasteiger charge is -2.01. The lowest BCUT2D eigenvalue weighted by Crippen LogP contribution is -1.94. The number of hydrogen-bond acceptors (Lipinski definition) is 5. The van der Waals surface area contributed by atoms with Crippen LogP contribution in [0.1, 0.15) is 15.9 Å². The Morgan fingerprint density at radius 2 is 1.78 bits per heavy atom. The summed E-state index contributed by atoms with van der Waals surface area (Å²) in [6, 6.07) is 22.6. The van der Waals surface area contributed by atoms with Gasteiger partial charge in [0.1, 0.15) is 11.4 Å². The Hall–Kier alpha value is -4.52. The minimum Gasteiger partial charge on any atom is -0.497 e. The molecule has 0 aliphatic carbocycles. The first-order valence-corrected chi connectivity index (χ1v) is 9.81. The van der Waals surface area contributed by atoms with E-state index in [1.54, 1.807) is 60.5 Å². The molecule has 0 saturated heterocycles. The van der Waals surface area contributed by atoms with Gasteiger partial charge >= 0.3 is 0 Å². The van der Waals surface area contributed by atoms with Gasteiger partial charge in [-0.05, 0) is 48.6 Å². The molecule has 0 aliphatic rings. The summed E-state index contributed by atoms with van der Waals surface area (Å²) in [5.74, 6) is 0.493. The molecule has 7 heteroatoms. The fourth-order valence-electron chi connectivity index (χ4n) is 3.23. The molecule has 0 saturated carbocycles. The largest absolute Gasteiger partial charge is 0.497 e. The number of carbonyl (C=O) groups excluding carboxylic acids is 1. The van der Waals surface area contributed by atoms with Crippen LogP contribution in [0, 0.1) is 10.1 Å². The van der Waals surface area contributed by atoms with Gasteiger partial charge in [-0.25, -0.2) is 4.68 Å². The van der Waals surface area contributed by atoms with E-state index in [9.17, 15) is 14.9 Å². The molecule has 0 amide bonds. The van der Waals surface area contributed by atoms with Crippen LogP contribution in [0.2, 0.25) is 0 Å². The number of non-ortho nitro benzene ring substituents is 1. The molecule has 1 heterocycles. The topological polar surface area (TPSA) is 87.3 Å². The second-order valence-electron chi connectivity index (χ2n) is 6.95. The number of benzene rings is 3. The summed E-state index contributed by atoms with van der Waals surface area (Å²) in [5, 5.41) is 15.9. The van der Waals surface area contributed by atoms with Gasteiger partial charge in [0.25, 0.3) is 5.69 Å². The van der Waals surface area contributed by atoms with Crippen LogP contribution in [0.5, 0.6) is 5.75 Å². The summed E-state index contributed by atoms with van der Waals surface area (Å²) in [5.41, 5.74) is 3.12. The third kappa shape index (κ3) is 4.46. The molecule has 3 aromatic carbocycles. The summed E-state index contributed by atoms with van der Waals surface area (Å²) < 4.78 is 6.81. The first-order chi connectivity index (χ1) is 15.5. The molecule has 7 nitrogen and oxygen atoms in total. The zero-order valence-corrected chi connectivity index (χ0v) is 17.2. The van der Waals surface area contributed by atoms with Crippen LogP contribution in [0.25, 0.3) is 23.0 Å². The van der Waals surface area contributed by atoms with E-state index >= 15 is 0 Å². The highest BCUT2D eigenvalue weighted by Crippen LogP contribution is 2.28. The average molecular weight is 425 g/mol. The lowest BCUT2D eigenvalue weighted by molar-refractivity contribution is -0.384. The van der Waals surface area contributed by atoms with Crippen molar-refractivity contribution in [1.29, 1.82) is 0 Å². The number of ketones is 1. The third-order valence-electron chi connectivity index (χ3n) is 4.88. The molecule has 4 rings (SSSR count). The first-order valence-electron chi connectivity index (χ1n) is 9.81. The Kier molecular flexibility index (Phi) is 5.89. The summed E-state index contributed by atoms with van der Waals surface area (Å²) in [7, 11) is 1.57. The van der Waals surface area contributed by atoms with E-state index in [0.29, 0.717) is 28.1 Å². The number of aromatic nitrogens is 2. The lowest BCUT2D eigenvalue weighted by atomic mass is 10.1. The molecule has 32 heavy (non-hydrogen) atoms. The molecule has 4 aromatic rings. The maximum absolute atomic E-state index is 12.6. The highest BCUT2D eigenvalue weighted by Gasteiger charge is 2.14. The van der Waals surface area contributed by atoms with Gasteiger partial charge < -0.3 is 4.74 Å². The number of allylic oxidation sites excluding steroid dienone is 1. The van der Waals surface area contributed by atoms with Crippen LogP contribution in [0.15, 0.2) is 91.1 Å². The van der Waals surface area contributed by atoms with Gasteiger partial charge in [-0.15, -0.1) is 0 Å². The Bertz CT molecular complexity index is 1290. The van der Waals surface area contributed by atoms with Crippen molar-refractivity contribution >= 4 is 17.5 Å². The van der Waals surface area contributed by atoms with E-state index in [4.69, 9.17) is 4.74 Å². The highest BCUT2D eigenvalue weighted by molar-refractivity contribution is 6.07. The van der Waals surface area contributed by atoms with Crippen molar-refractivity contribution in [3.05, 3.63) is 112 Å². The van der Waals surface area contributed by atoms with Gasteiger partial charge in [0, 0.05) is 35.0 Å². The summed E-state index contributed by atoms with van der Waals surface area (Å²) >= 11 is 0. The predicted octanol–water partition coefficient (Wildman–Crippen LogP) is 5.35. The molecular formula is C25H19N3O4. The van der Waals surface area contributed by atoms with Crippen molar-refractivity contribution < 1.29 is 14.5 Å². The number of nitro benzene ring substituents is 1. The fraction of sp³-hybridized carbons (Fsp3) is 0.0400. The zero-order chi connectivity index (χ0) is 22.5. The molecule has 0 bridgehead atoms. The number of rotatable bonds is 7. The van der Waals surface area contributed by atoms with E-state index in [-0.39, 0.29) is 11.5 Å². The van der Waals surface area contributed by atoms with Crippen molar-refractivity contribution in [2.75, 3.05) is 7.11 Å². The van der Waals surface area contributed by atoms with E-state index in [2.05, 4.69) is 5.10 Å². The molecular weight excluding hydrogens is 406 g/mol. The number of hydrogen-bond donors (Lipinski definition) is 0. The Labute approximate surface area is 184 Å². The number of ether oxygens (including phenoxy) is 1. The smallest absolute Gasteiger partial charge is 0.270 e. The summed E-state index contributed by atoms with van der Waals surface area (Å²) in [6.07, 6.45) is 4.93. The normalized spacial score (nSPS) is 10.9. The third-order valence-corrected chi connectivity index (χ3v) is 4.88. The van der Waals surface area contributed by atoms with Gasteiger partial charge in [0.2, 0.25) is 0 Å². The summed E-state index contributed by atoms with van der Waals surface area (Å²) in [6.45, 7) is 0. The minimum absolute atomic E-state index is 0.0269. The second kappa shape index (κ2) is 9.09. The van der Waals surface area contributed by atoms with Crippen LogP contribution in [-0.2, 0) is 0 Å². The van der Waals surface area contributed by atoms with E-state index in [1.807, 2.05) is 30.3 Å². The van der Waals surface area contributed by atoms with Crippen LogP contribution in [-0.4, -0.2) is 27.6 Å². The number of methoxy groups -OCH3 is 1. The van der Waals surface area contributed by atoms with E-state index < -0.39 is 4.92 Å². The molecule has 0 N–H and O–H groups in total. The predicted molar refractivity (Wildman–Crippen MR) is 122 cm³/mol. The van der Waals surface area contributed by atoms with Crippen LogP contribution in [0.3, 0.4) is 0 Å². The minimum atomic E-state index is -0.444. The average Bonchev–Trinajstić information content (AvgIpc) is 3.27. The van der Waals surface area contributed by atoms with Crippen molar-refractivity contribution in [2.45, 2.75) is 0 Å². The standard InChI is InChI=1S/C25H19N3O4/c1-32-23-13-10-18(11-14-23)24(29)15-12-20-17-27(21-7-3-2-4-8-21)26-25(20)19-6-5-9-22(16-19)28(30)31/h2-17H,1H3/b15-12+. The maximum Gasteiger partial charge on any atom is 0.270 e. The monoisotopic (exact) mass is 425 g/mol. The molecule has 0 unspecified atom stereocenters. The second-order valence-corrected chi connectivity index (χ2v) is 6.95. The highest BCUT2D eigenvalue weighted by atomic mass is 16.6. The molecule has 158 valence electrons. The Balaban J connectivity index is 1.73. The van der Waals surface area contributed by atoms with Crippen LogP contribution in [0.4, 0.5) is 5.69 Å². The molecule has 1 aromatic heterocycles. The molecule has 0 radical (unpaired) electrons. The van der Waals surface area contributed by atoms with E-state index in [0.717, 1.165) is 5.69 Å².